The Labute approximate surface area is 107 Å². The number of rotatable bonds is 1. The lowest BCUT2D eigenvalue weighted by Gasteiger charge is -2.37. The van der Waals surface area contributed by atoms with Gasteiger partial charge < -0.3 is 9.32 Å². The van der Waals surface area contributed by atoms with Gasteiger partial charge in [0.05, 0.1) is 16.8 Å². The molecule has 1 fully saturated rings. The van der Waals surface area contributed by atoms with E-state index in [9.17, 15) is 13.2 Å². The van der Waals surface area contributed by atoms with Gasteiger partial charge in [-0.3, -0.25) is 4.79 Å². The van der Waals surface area contributed by atoms with Crippen LogP contribution < -0.4 is 0 Å². The van der Waals surface area contributed by atoms with Crippen LogP contribution in [0.1, 0.15) is 30.0 Å². The summed E-state index contributed by atoms with van der Waals surface area (Å²) in [5.74, 6) is 0.0662. The first-order valence-electron chi connectivity index (χ1n) is 5.80. The average Bonchev–Trinajstić information content (AvgIpc) is 2.68. The standard InChI is InChI=1S/C12H17NO4S/c1-9-4-6-17-10(9)11(14)13-5-7-18(15,16)12(2,3)8-13/h4,6H,5,7-8H2,1-3H3. The SMILES string of the molecule is Cc1ccoc1C(=O)N1CCS(=O)(=O)C(C)(C)C1. The Morgan fingerprint density at radius 3 is 2.61 bits per heavy atom. The van der Waals surface area contributed by atoms with Crippen LogP contribution in [0.4, 0.5) is 0 Å². The zero-order valence-electron chi connectivity index (χ0n) is 10.8. The Hall–Kier alpha value is -1.30. The molecule has 0 aromatic carbocycles. The van der Waals surface area contributed by atoms with Crippen molar-refractivity contribution in [3.05, 3.63) is 23.7 Å². The van der Waals surface area contributed by atoms with E-state index in [2.05, 4.69) is 0 Å². The van der Waals surface area contributed by atoms with Gasteiger partial charge in [-0.2, -0.15) is 0 Å². The Kier molecular flexibility index (Phi) is 3.01. The van der Waals surface area contributed by atoms with Crippen LogP contribution in [0, 0.1) is 6.92 Å². The van der Waals surface area contributed by atoms with E-state index >= 15 is 0 Å². The molecule has 2 rings (SSSR count). The third kappa shape index (κ3) is 2.05. The lowest BCUT2D eigenvalue weighted by molar-refractivity contribution is 0.0710. The minimum atomic E-state index is -3.13. The second-order valence-electron chi connectivity index (χ2n) is 5.24. The molecule has 6 heteroatoms. The lowest BCUT2D eigenvalue weighted by Crippen LogP contribution is -2.54. The molecule has 1 aliphatic rings. The molecule has 100 valence electrons. The summed E-state index contributed by atoms with van der Waals surface area (Å²) in [6.07, 6.45) is 1.47. The number of furan rings is 1. The highest BCUT2D eigenvalue weighted by molar-refractivity contribution is 7.92. The van der Waals surface area contributed by atoms with Crippen molar-refractivity contribution in [3.63, 3.8) is 0 Å². The summed E-state index contributed by atoms with van der Waals surface area (Å²) in [6, 6.07) is 1.72. The Morgan fingerprint density at radius 1 is 1.44 bits per heavy atom. The maximum absolute atomic E-state index is 12.2. The topological polar surface area (TPSA) is 67.6 Å². The Balaban J connectivity index is 2.23. The minimum absolute atomic E-state index is 0.00545. The molecule has 1 saturated heterocycles. The molecular formula is C12H17NO4S. The van der Waals surface area contributed by atoms with Crippen molar-refractivity contribution in [2.75, 3.05) is 18.8 Å². The summed E-state index contributed by atoms with van der Waals surface area (Å²) in [5.41, 5.74) is 0.770. The summed E-state index contributed by atoms with van der Waals surface area (Å²) < 4.78 is 28.0. The van der Waals surface area contributed by atoms with Crippen molar-refractivity contribution in [1.82, 2.24) is 4.90 Å². The molecule has 0 saturated carbocycles. The zero-order valence-corrected chi connectivity index (χ0v) is 11.6. The molecule has 0 bridgehead atoms. The van der Waals surface area contributed by atoms with Crippen LogP contribution >= 0.6 is 0 Å². The summed E-state index contributed by atoms with van der Waals surface area (Å²) in [6.45, 7) is 5.52. The predicted octanol–water partition coefficient (Wildman–Crippen LogP) is 1.24. The van der Waals surface area contributed by atoms with Crippen LogP contribution in [-0.4, -0.2) is 42.8 Å². The van der Waals surface area contributed by atoms with E-state index in [1.165, 1.54) is 6.26 Å². The molecule has 0 spiro atoms. The van der Waals surface area contributed by atoms with Crippen molar-refractivity contribution in [2.45, 2.75) is 25.5 Å². The first kappa shape index (κ1) is 13.1. The molecule has 0 unspecified atom stereocenters. The fourth-order valence-electron chi connectivity index (χ4n) is 2.05. The minimum Gasteiger partial charge on any atom is -0.459 e. The second-order valence-corrected chi connectivity index (χ2v) is 7.98. The molecular weight excluding hydrogens is 254 g/mol. The molecule has 0 atom stereocenters. The fraction of sp³-hybridized carbons (Fsp3) is 0.583. The second kappa shape index (κ2) is 4.12. The first-order chi connectivity index (χ1) is 8.24. The van der Waals surface area contributed by atoms with E-state index in [1.54, 1.807) is 31.7 Å². The third-order valence-electron chi connectivity index (χ3n) is 3.39. The monoisotopic (exact) mass is 271 g/mol. The predicted molar refractivity (Wildman–Crippen MR) is 67.2 cm³/mol. The van der Waals surface area contributed by atoms with E-state index in [-0.39, 0.29) is 24.7 Å². The molecule has 5 nitrogen and oxygen atoms in total. The molecule has 0 aliphatic carbocycles. The molecule has 2 heterocycles. The highest BCUT2D eigenvalue weighted by Crippen LogP contribution is 2.25. The van der Waals surface area contributed by atoms with Gasteiger partial charge in [0.15, 0.2) is 15.6 Å². The van der Waals surface area contributed by atoms with Gasteiger partial charge in [-0.25, -0.2) is 8.42 Å². The quantitative estimate of drug-likeness (QED) is 0.770. The van der Waals surface area contributed by atoms with E-state index in [0.29, 0.717) is 5.76 Å². The molecule has 0 radical (unpaired) electrons. The van der Waals surface area contributed by atoms with E-state index < -0.39 is 14.6 Å². The third-order valence-corrected chi connectivity index (χ3v) is 5.92. The number of carbonyl (C=O) groups is 1. The van der Waals surface area contributed by atoms with Gasteiger partial charge in [-0.1, -0.05) is 0 Å². The van der Waals surface area contributed by atoms with E-state index in [0.717, 1.165) is 5.56 Å². The van der Waals surface area contributed by atoms with Crippen molar-refractivity contribution in [1.29, 1.82) is 0 Å². The summed E-state index contributed by atoms with van der Waals surface area (Å²) >= 11 is 0. The normalized spacial score (nSPS) is 21.8. The average molecular weight is 271 g/mol. The molecule has 1 aromatic heterocycles. The van der Waals surface area contributed by atoms with E-state index in [4.69, 9.17) is 4.42 Å². The molecule has 0 N–H and O–H groups in total. The maximum Gasteiger partial charge on any atom is 0.289 e. The summed E-state index contributed by atoms with van der Waals surface area (Å²) in [5, 5.41) is 0. The molecule has 1 amide bonds. The first-order valence-corrected chi connectivity index (χ1v) is 7.45. The largest absolute Gasteiger partial charge is 0.459 e. The van der Waals surface area contributed by atoms with Crippen molar-refractivity contribution >= 4 is 15.7 Å². The van der Waals surface area contributed by atoms with Crippen LogP contribution in [0.3, 0.4) is 0 Å². The number of sulfone groups is 1. The van der Waals surface area contributed by atoms with E-state index in [1.807, 2.05) is 0 Å². The molecule has 1 aromatic rings. The van der Waals surface area contributed by atoms with Gasteiger partial charge in [-0.15, -0.1) is 0 Å². The van der Waals surface area contributed by atoms with Crippen LogP contribution in [0.15, 0.2) is 16.7 Å². The zero-order chi connectivity index (χ0) is 13.6. The molecule has 18 heavy (non-hydrogen) atoms. The highest BCUT2D eigenvalue weighted by atomic mass is 32.2. The maximum atomic E-state index is 12.2. The van der Waals surface area contributed by atoms with Gasteiger partial charge >= 0.3 is 0 Å². The molecule has 1 aliphatic heterocycles. The Bertz CT molecular complexity index is 571. The number of carbonyl (C=O) groups excluding carboxylic acids is 1. The van der Waals surface area contributed by atoms with Gasteiger partial charge in [0.1, 0.15) is 0 Å². The smallest absolute Gasteiger partial charge is 0.289 e. The fourth-order valence-corrected chi connectivity index (χ4v) is 3.42. The number of aryl methyl sites for hydroxylation is 1. The van der Waals surface area contributed by atoms with Crippen LogP contribution in [0.5, 0.6) is 0 Å². The highest BCUT2D eigenvalue weighted by Gasteiger charge is 2.42. The lowest BCUT2D eigenvalue weighted by atomic mass is 10.1. The van der Waals surface area contributed by atoms with Crippen LogP contribution in [0.2, 0.25) is 0 Å². The van der Waals surface area contributed by atoms with Crippen molar-refractivity contribution in [2.24, 2.45) is 0 Å². The van der Waals surface area contributed by atoms with Crippen molar-refractivity contribution in [3.8, 4) is 0 Å². The van der Waals surface area contributed by atoms with Gasteiger partial charge in [0, 0.05) is 18.7 Å². The summed E-state index contributed by atoms with van der Waals surface area (Å²) in [7, 11) is -3.13. The Morgan fingerprint density at radius 2 is 2.11 bits per heavy atom. The summed E-state index contributed by atoms with van der Waals surface area (Å²) in [4.78, 5) is 13.8. The van der Waals surface area contributed by atoms with Gasteiger partial charge in [0.2, 0.25) is 0 Å². The van der Waals surface area contributed by atoms with Gasteiger partial charge in [-0.05, 0) is 26.8 Å². The van der Waals surface area contributed by atoms with Crippen LogP contribution in [-0.2, 0) is 9.84 Å². The van der Waals surface area contributed by atoms with Crippen LogP contribution in [0.25, 0.3) is 0 Å². The van der Waals surface area contributed by atoms with Gasteiger partial charge in [0.25, 0.3) is 5.91 Å². The number of amides is 1. The van der Waals surface area contributed by atoms with Crippen molar-refractivity contribution < 1.29 is 17.6 Å². The number of nitrogens with zero attached hydrogens (tertiary/aromatic N) is 1. The number of hydrogen-bond acceptors (Lipinski definition) is 4. The number of hydrogen-bond donors (Lipinski definition) is 0.